The van der Waals surface area contributed by atoms with Crippen molar-refractivity contribution in [3.05, 3.63) is 102 Å². The number of carbonyl (C=O) groups is 4. The van der Waals surface area contributed by atoms with Crippen molar-refractivity contribution in [2.75, 3.05) is 30.3 Å². The highest BCUT2D eigenvalue weighted by molar-refractivity contribution is 7.98. The number of nitrogens with two attached hydrogens (primary N) is 2. The molecular weight excluding hydrogens is 598 g/mol. The van der Waals surface area contributed by atoms with Gasteiger partial charge in [-0.15, -0.1) is 0 Å². The number of carboxylic acid groups (broad SMARTS) is 2. The maximum atomic E-state index is 13.6. The largest absolute Gasteiger partial charge is 0.480 e. The molecule has 45 heavy (non-hydrogen) atoms. The Bertz CT molecular complexity index is 1440. The molecule has 238 valence electrons. The summed E-state index contributed by atoms with van der Waals surface area (Å²) in [7, 11) is 0. The van der Waals surface area contributed by atoms with Crippen LogP contribution in [-0.2, 0) is 29.8 Å². The lowest BCUT2D eigenvalue weighted by atomic mass is 10.0. The van der Waals surface area contributed by atoms with Gasteiger partial charge in [-0.1, -0.05) is 78.0 Å². The fraction of sp³-hybridized carbons (Fsp3) is 0.281. The SMILES string of the molecule is NCCON=C(c1ccccc1)c1ccc(CSC[C@H](NC(=O)CC[C@H](N)C(=O)O)C(=O)N(CC(=O)O)c2ccccc2)cc1. The summed E-state index contributed by atoms with van der Waals surface area (Å²) in [6.45, 7) is 0.00844. The van der Waals surface area contributed by atoms with Crippen LogP contribution in [0.4, 0.5) is 5.69 Å². The zero-order chi connectivity index (χ0) is 32.6. The highest BCUT2D eigenvalue weighted by Gasteiger charge is 2.29. The Labute approximate surface area is 265 Å². The highest BCUT2D eigenvalue weighted by atomic mass is 32.2. The van der Waals surface area contributed by atoms with Crippen molar-refractivity contribution in [3.63, 3.8) is 0 Å². The quantitative estimate of drug-likeness (QED) is 0.0786. The van der Waals surface area contributed by atoms with E-state index in [0.29, 0.717) is 23.7 Å². The van der Waals surface area contributed by atoms with Crippen molar-refractivity contribution in [3.8, 4) is 0 Å². The topological polar surface area (TPSA) is 198 Å². The second-order valence-corrected chi connectivity index (χ2v) is 10.9. The number of nitrogens with one attached hydrogen (secondary N) is 1. The number of hydrogen-bond donors (Lipinski definition) is 5. The molecule has 12 nitrogen and oxygen atoms in total. The second kappa shape index (κ2) is 18.2. The molecule has 3 rings (SSSR count). The average molecular weight is 636 g/mol. The summed E-state index contributed by atoms with van der Waals surface area (Å²) in [6.07, 6.45) is -0.335. The van der Waals surface area contributed by atoms with E-state index in [1.165, 1.54) is 11.8 Å². The molecule has 0 aliphatic heterocycles. The Kier molecular flexibility index (Phi) is 14.0. The summed E-state index contributed by atoms with van der Waals surface area (Å²) in [4.78, 5) is 55.5. The van der Waals surface area contributed by atoms with E-state index >= 15 is 0 Å². The first-order valence-electron chi connectivity index (χ1n) is 14.2. The number of anilines is 1. The van der Waals surface area contributed by atoms with Crippen molar-refractivity contribution in [2.24, 2.45) is 16.6 Å². The zero-order valence-corrected chi connectivity index (χ0v) is 25.4. The summed E-state index contributed by atoms with van der Waals surface area (Å²) < 4.78 is 0. The Morgan fingerprint density at radius 1 is 0.911 bits per heavy atom. The molecule has 3 aromatic carbocycles. The van der Waals surface area contributed by atoms with Crippen LogP contribution in [0.25, 0.3) is 0 Å². The number of rotatable bonds is 18. The maximum Gasteiger partial charge on any atom is 0.323 e. The van der Waals surface area contributed by atoms with Gasteiger partial charge in [-0.05, 0) is 24.1 Å². The Morgan fingerprint density at radius 2 is 1.53 bits per heavy atom. The van der Waals surface area contributed by atoms with E-state index in [0.717, 1.165) is 21.6 Å². The summed E-state index contributed by atoms with van der Waals surface area (Å²) in [5, 5.41) is 25.5. The molecule has 0 bridgehead atoms. The number of hydrogen-bond acceptors (Lipinski definition) is 9. The van der Waals surface area contributed by atoms with Crippen LogP contribution in [0, 0.1) is 0 Å². The first kappa shape index (κ1) is 34.8. The van der Waals surface area contributed by atoms with Gasteiger partial charge in [-0.3, -0.25) is 24.1 Å². The van der Waals surface area contributed by atoms with Gasteiger partial charge in [-0.2, -0.15) is 11.8 Å². The molecule has 13 heteroatoms. The summed E-state index contributed by atoms with van der Waals surface area (Å²) in [6, 6.07) is 23.2. The fourth-order valence-electron chi connectivity index (χ4n) is 4.16. The highest BCUT2D eigenvalue weighted by Crippen LogP contribution is 2.20. The molecule has 0 saturated carbocycles. The molecule has 0 unspecified atom stereocenters. The van der Waals surface area contributed by atoms with Crippen LogP contribution in [0.1, 0.15) is 29.5 Å². The summed E-state index contributed by atoms with van der Waals surface area (Å²) in [5.74, 6) is -3.02. The van der Waals surface area contributed by atoms with Crippen LogP contribution in [0.15, 0.2) is 90.1 Å². The van der Waals surface area contributed by atoms with E-state index in [1.54, 1.807) is 30.3 Å². The Morgan fingerprint density at radius 3 is 2.13 bits per heavy atom. The molecule has 0 aliphatic carbocycles. The predicted octanol–water partition coefficient (Wildman–Crippen LogP) is 2.44. The monoisotopic (exact) mass is 635 g/mol. The molecule has 0 aromatic heterocycles. The van der Waals surface area contributed by atoms with Gasteiger partial charge < -0.3 is 31.8 Å². The van der Waals surface area contributed by atoms with E-state index in [9.17, 15) is 24.3 Å². The van der Waals surface area contributed by atoms with Crippen LogP contribution < -0.4 is 21.7 Å². The minimum atomic E-state index is -1.24. The van der Waals surface area contributed by atoms with Gasteiger partial charge in [0.2, 0.25) is 5.91 Å². The van der Waals surface area contributed by atoms with Gasteiger partial charge >= 0.3 is 11.9 Å². The van der Waals surface area contributed by atoms with Crippen molar-refractivity contribution >= 4 is 46.9 Å². The molecular formula is C32H37N5O7S. The van der Waals surface area contributed by atoms with Gasteiger partial charge in [0.1, 0.15) is 30.9 Å². The molecule has 0 fully saturated rings. The Hall–Kier alpha value is -4.72. The van der Waals surface area contributed by atoms with Crippen molar-refractivity contribution in [2.45, 2.75) is 30.7 Å². The van der Waals surface area contributed by atoms with Gasteiger partial charge in [0.15, 0.2) is 0 Å². The predicted molar refractivity (Wildman–Crippen MR) is 173 cm³/mol. The van der Waals surface area contributed by atoms with Crippen LogP contribution in [0.3, 0.4) is 0 Å². The third-order valence-corrected chi connectivity index (χ3v) is 7.56. The minimum absolute atomic E-state index is 0.120. The van der Waals surface area contributed by atoms with Crippen molar-refractivity contribution in [1.82, 2.24) is 5.32 Å². The van der Waals surface area contributed by atoms with Crippen molar-refractivity contribution < 1.29 is 34.2 Å². The first-order chi connectivity index (χ1) is 21.7. The number of nitrogens with zero attached hydrogens (tertiary/aromatic N) is 2. The molecule has 0 spiro atoms. The Balaban J connectivity index is 1.75. The standard InChI is InChI=1S/C32H37N5O7S/c33-17-18-44-36-30(23-7-3-1-4-8-23)24-13-11-22(12-14-24)20-45-21-27(35-28(38)16-15-26(34)32(42)43)31(41)37(19-29(39)40)25-9-5-2-6-10-25/h1-14,26-27H,15-21,33-34H2,(H,35,38)(H,39,40)(H,42,43)/t26-,27-/m0/s1. The van der Waals surface area contributed by atoms with Gasteiger partial charge in [0.05, 0.1) is 0 Å². The van der Waals surface area contributed by atoms with Gasteiger partial charge in [0, 0.05) is 41.3 Å². The summed E-state index contributed by atoms with van der Waals surface area (Å²) in [5.41, 5.74) is 14.7. The molecule has 2 atom stereocenters. The third-order valence-electron chi connectivity index (χ3n) is 6.45. The van der Waals surface area contributed by atoms with E-state index < -0.39 is 42.4 Å². The smallest absolute Gasteiger partial charge is 0.323 e. The molecule has 0 radical (unpaired) electrons. The normalized spacial score (nSPS) is 12.5. The minimum Gasteiger partial charge on any atom is -0.480 e. The lowest BCUT2D eigenvalue weighted by Crippen LogP contribution is -2.51. The molecule has 0 heterocycles. The number of carbonyl (C=O) groups excluding carboxylic acids is 2. The fourth-order valence-corrected chi connectivity index (χ4v) is 5.17. The zero-order valence-electron chi connectivity index (χ0n) is 24.6. The first-order valence-corrected chi connectivity index (χ1v) is 15.3. The maximum absolute atomic E-state index is 13.6. The second-order valence-electron chi connectivity index (χ2n) is 9.90. The number of aliphatic carboxylic acids is 2. The number of benzene rings is 3. The van der Waals surface area contributed by atoms with Crippen LogP contribution in [0.5, 0.6) is 0 Å². The van der Waals surface area contributed by atoms with E-state index in [1.807, 2.05) is 54.6 Å². The van der Waals surface area contributed by atoms with E-state index in [4.69, 9.17) is 21.4 Å². The van der Waals surface area contributed by atoms with Crippen molar-refractivity contribution in [1.29, 1.82) is 0 Å². The summed E-state index contributed by atoms with van der Waals surface area (Å²) >= 11 is 1.38. The molecule has 7 N–H and O–H groups in total. The molecule has 3 aromatic rings. The lowest BCUT2D eigenvalue weighted by Gasteiger charge is -2.27. The number of thioether (sulfide) groups is 1. The van der Waals surface area contributed by atoms with Crippen LogP contribution in [0.2, 0.25) is 0 Å². The van der Waals surface area contributed by atoms with Gasteiger partial charge in [0.25, 0.3) is 5.91 Å². The molecule has 0 saturated heterocycles. The number of para-hydroxylation sites is 1. The molecule has 2 amide bonds. The van der Waals surface area contributed by atoms with E-state index in [2.05, 4.69) is 10.5 Å². The number of carboxylic acids is 2. The van der Waals surface area contributed by atoms with Crippen LogP contribution >= 0.6 is 11.8 Å². The van der Waals surface area contributed by atoms with Crippen LogP contribution in [-0.4, -0.2) is 77.2 Å². The van der Waals surface area contributed by atoms with Gasteiger partial charge in [-0.25, -0.2) is 0 Å². The third kappa shape index (κ3) is 11.4. The number of oxime groups is 1. The molecule has 0 aliphatic rings. The lowest BCUT2D eigenvalue weighted by molar-refractivity contribution is -0.139. The van der Waals surface area contributed by atoms with E-state index in [-0.39, 0.29) is 25.2 Å². The average Bonchev–Trinajstić information content (AvgIpc) is 3.05. The number of amides is 2.